The van der Waals surface area contributed by atoms with Crippen LogP contribution in [0, 0.1) is 0 Å². The number of carbonyl (C=O) groups excluding carboxylic acids is 1. The number of aromatic nitrogens is 5. The fourth-order valence-corrected chi connectivity index (χ4v) is 3.42. The van der Waals surface area contributed by atoms with Gasteiger partial charge < -0.3 is 10.4 Å². The third kappa shape index (κ3) is 5.44. The fourth-order valence-electron chi connectivity index (χ4n) is 2.66. The number of benzene rings is 1. The molecule has 0 saturated heterocycles. The number of carbonyl (C=O) groups is 2. The Morgan fingerprint density at radius 1 is 1.21 bits per heavy atom. The van der Waals surface area contributed by atoms with E-state index < -0.39 is 5.97 Å². The number of aliphatic carboxylic acids is 1. The lowest BCUT2D eigenvalue weighted by atomic mass is 10.1. The van der Waals surface area contributed by atoms with Crippen LogP contribution in [-0.4, -0.2) is 42.2 Å². The molecule has 0 aliphatic rings. The van der Waals surface area contributed by atoms with E-state index in [2.05, 4.69) is 25.8 Å². The minimum absolute atomic E-state index is 0.0853. The van der Waals surface area contributed by atoms with E-state index in [0.29, 0.717) is 30.2 Å². The highest BCUT2D eigenvalue weighted by molar-refractivity contribution is 7.13. The number of hydrogen-bond donors (Lipinski definition) is 2. The monoisotopic (exact) mass is 414 g/mol. The van der Waals surface area contributed by atoms with Gasteiger partial charge in [-0.3, -0.25) is 14.3 Å². The Balaban J connectivity index is 1.66. The van der Waals surface area contributed by atoms with E-state index in [1.165, 1.54) is 11.3 Å². The zero-order valence-electron chi connectivity index (χ0n) is 16.2. The van der Waals surface area contributed by atoms with Crippen molar-refractivity contribution in [3.63, 3.8) is 0 Å². The standard InChI is InChI=1S/C19H22N6O3S/c1-12(2)18-22-23-19(29-18)17(28)20-10-13-6-3-4-7-14(13)15-11-25(24-21-15)9-5-8-16(26)27/h3-4,6-7,11-12H,5,8-10H2,1-2H3,(H,20,28)(H,26,27). The highest BCUT2D eigenvalue weighted by atomic mass is 32.1. The van der Waals surface area contributed by atoms with Crippen LogP contribution in [0.3, 0.4) is 0 Å². The zero-order chi connectivity index (χ0) is 20.8. The molecule has 152 valence electrons. The van der Waals surface area contributed by atoms with Crippen LogP contribution in [0.5, 0.6) is 0 Å². The molecule has 0 radical (unpaired) electrons. The van der Waals surface area contributed by atoms with Gasteiger partial charge in [0.2, 0.25) is 5.01 Å². The van der Waals surface area contributed by atoms with Gasteiger partial charge in [0.15, 0.2) is 0 Å². The van der Waals surface area contributed by atoms with Crippen LogP contribution < -0.4 is 5.32 Å². The molecule has 3 aromatic rings. The van der Waals surface area contributed by atoms with Crippen LogP contribution >= 0.6 is 11.3 Å². The maximum Gasteiger partial charge on any atom is 0.303 e. The van der Waals surface area contributed by atoms with Crippen molar-refractivity contribution in [2.24, 2.45) is 0 Å². The van der Waals surface area contributed by atoms with Crippen LogP contribution in [0.2, 0.25) is 0 Å². The Labute approximate surface area is 171 Å². The Morgan fingerprint density at radius 2 is 2.00 bits per heavy atom. The molecule has 0 bridgehead atoms. The summed E-state index contributed by atoms with van der Waals surface area (Å²) in [5.41, 5.74) is 2.42. The Hall–Kier alpha value is -3.14. The number of carboxylic acid groups (broad SMARTS) is 1. The number of nitrogens with zero attached hydrogens (tertiary/aromatic N) is 5. The predicted molar refractivity (Wildman–Crippen MR) is 107 cm³/mol. The van der Waals surface area contributed by atoms with Crippen molar-refractivity contribution in [3.8, 4) is 11.3 Å². The summed E-state index contributed by atoms with van der Waals surface area (Å²) < 4.78 is 1.63. The van der Waals surface area contributed by atoms with Crippen LogP contribution in [0.25, 0.3) is 11.3 Å². The molecule has 0 saturated carbocycles. The molecular formula is C19H22N6O3S. The molecule has 2 heterocycles. The summed E-state index contributed by atoms with van der Waals surface area (Å²) in [6.45, 7) is 4.81. The molecule has 0 unspecified atom stereocenters. The Morgan fingerprint density at radius 3 is 2.72 bits per heavy atom. The van der Waals surface area contributed by atoms with Gasteiger partial charge in [0.1, 0.15) is 10.7 Å². The molecule has 0 fully saturated rings. The highest BCUT2D eigenvalue weighted by Crippen LogP contribution is 2.22. The largest absolute Gasteiger partial charge is 0.481 e. The molecule has 1 amide bonds. The summed E-state index contributed by atoms with van der Waals surface area (Å²) in [5, 5.41) is 29.0. The average molecular weight is 414 g/mol. The first-order valence-corrected chi connectivity index (χ1v) is 10.1. The molecule has 3 rings (SSSR count). The summed E-state index contributed by atoms with van der Waals surface area (Å²) in [6.07, 6.45) is 2.35. The fraction of sp³-hybridized carbons (Fsp3) is 0.368. The molecule has 10 heteroatoms. The number of aryl methyl sites for hydroxylation is 1. The summed E-state index contributed by atoms with van der Waals surface area (Å²) in [6, 6.07) is 7.61. The first kappa shape index (κ1) is 20.6. The minimum Gasteiger partial charge on any atom is -0.481 e. The molecular weight excluding hydrogens is 392 g/mol. The van der Waals surface area contributed by atoms with Crippen LogP contribution in [0.4, 0.5) is 0 Å². The van der Waals surface area contributed by atoms with E-state index in [1.54, 1.807) is 10.9 Å². The van der Waals surface area contributed by atoms with Gasteiger partial charge in [-0.25, -0.2) is 0 Å². The molecule has 2 N–H and O–H groups in total. The molecule has 0 aliphatic carbocycles. The second-order valence-corrected chi connectivity index (χ2v) is 7.81. The number of amides is 1. The lowest BCUT2D eigenvalue weighted by Crippen LogP contribution is -2.23. The predicted octanol–water partition coefficient (Wildman–Crippen LogP) is 2.71. The minimum atomic E-state index is -0.831. The average Bonchev–Trinajstić information content (AvgIpc) is 3.36. The van der Waals surface area contributed by atoms with Crippen LogP contribution in [0.15, 0.2) is 30.5 Å². The molecule has 2 aromatic heterocycles. The van der Waals surface area contributed by atoms with E-state index >= 15 is 0 Å². The summed E-state index contributed by atoms with van der Waals surface area (Å²) in [4.78, 5) is 23.0. The van der Waals surface area contributed by atoms with Gasteiger partial charge in [-0.15, -0.1) is 15.3 Å². The van der Waals surface area contributed by atoms with Gasteiger partial charge in [-0.05, 0) is 12.0 Å². The van der Waals surface area contributed by atoms with Crippen molar-refractivity contribution >= 4 is 23.2 Å². The maximum absolute atomic E-state index is 12.4. The quantitative estimate of drug-likeness (QED) is 0.552. The third-order valence-electron chi connectivity index (χ3n) is 4.18. The molecule has 0 aliphatic heterocycles. The van der Waals surface area contributed by atoms with Gasteiger partial charge in [0.25, 0.3) is 5.91 Å². The van der Waals surface area contributed by atoms with Crippen molar-refractivity contribution in [1.82, 2.24) is 30.5 Å². The van der Waals surface area contributed by atoms with Gasteiger partial charge in [0, 0.05) is 31.0 Å². The molecule has 0 atom stereocenters. The van der Waals surface area contributed by atoms with Gasteiger partial charge >= 0.3 is 5.97 Å². The lowest BCUT2D eigenvalue weighted by Gasteiger charge is -2.07. The normalized spacial score (nSPS) is 11.0. The van der Waals surface area contributed by atoms with Crippen molar-refractivity contribution in [2.45, 2.75) is 45.7 Å². The first-order chi connectivity index (χ1) is 13.9. The van der Waals surface area contributed by atoms with Crippen molar-refractivity contribution < 1.29 is 14.7 Å². The van der Waals surface area contributed by atoms with Crippen molar-refractivity contribution in [1.29, 1.82) is 0 Å². The molecule has 29 heavy (non-hydrogen) atoms. The van der Waals surface area contributed by atoms with Crippen LogP contribution in [-0.2, 0) is 17.9 Å². The van der Waals surface area contributed by atoms with E-state index in [-0.39, 0.29) is 18.2 Å². The van der Waals surface area contributed by atoms with Gasteiger partial charge in [0.05, 0.1) is 6.20 Å². The van der Waals surface area contributed by atoms with E-state index in [9.17, 15) is 9.59 Å². The molecule has 0 spiro atoms. The summed E-state index contributed by atoms with van der Waals surface area (Å²) >= 11 is 1.30. The molecule has 9 nitrogen and oxygen atoms in total. The van der Waals surface area contributed by atoms with Crippen LogP contribution in [0.1, 0.15) is 53.0 Å². The topological polar surface area (TPSA) is 123 Å². The number of nitrogens with one attached hydrogen (secondary N) is 1. The number of carboxylic acids is 1. The highest BCUT2D eigenvalue weighted by Gasteiger charge is 2.15. The number of hydrogen-bond acceptors (Lipinski definition) is 7. The summed E-state index contributed by atoms with van der Waals surface area (Å²) in [7, 11) is 0. The van der Waals surface area contributed by atoms with Crippen molar-refractivity contribution in [2.75, 3.05) is 0 Å². The molecule has 1 aromatic carbocycles. The number of rotatable bonds is 9. The second kappa shape index (κ2) is 9.37. The Kier molecular flexibility index (Phi) is 6.65. The van der Waals surface area contributed by atoms with E-state index in [4.69, 9.17) is 5.11 Å². The Bertz CT molecular complexity index is 997. The third-order valence-corrected chi connectivity index (χ3v) is 5.40. The maximum atomic E-state index is 12.4. The first-order valence-electron chi connectivity index (χ1n) is 9.26. The second-order valence-electron chi connectivity index (χ2n) is 6.80. The van der Waals surface area contributed by atoms with Gasteiger partial charge in [-0.2, -0.15) is 0 Å². The lowest BCUT2D eigenvalue weighted by molar-refractivity contribution is -0.137. The van der Waals surface area contributed by atoms with E-state index in [0.717, 1.165) is 16.1 Å². The summed E-state index contributed by atoms with van der Waals surface area (Å²) in [5.74, 6) is -0.864. The SMILES string of the molecule is CC(C)c1nnc(C(=O)NCc2ccccc2-c2cn(CCCC(=O)O)nn2)s1. The zero-order valence-corrected chi connectivity index (χ0v) is 17.0. The van der Waals surface area contributed by atoms with E-state index in [1.807, 2.05) is 38.1 Å². The van der Waals surface area contributed by atoms with Crippen molar-refractivity contribution in [3.05, 3.63) is 46.0 Å². The smallest absolute Gasteiger partial charge is 0.303 e. The van der Waals surface area contributed by atoms with Gasteiger partial charge in [-0.1, -0.05) is 54.7 Å².